The van der Waals surface area contributed by atoms with Crippen molar-refractivity contribution in [3.05, 3.63) is 24.1 Å². The van der Waals surface area contributed by atoms with Crippen LogP contribution in [0.15, 0.2) is 22.7 Å². The molecular weight excluding hydrogens is 234 g/mol. The van der Waals surface area contributed by atoms with Crippen molar-refractivity contribution in [2.24, 2.45) is 5.73 Å². The second kappa shape index (κ2) is 5.05. The molecule has 0 bridgehead atoms. The monoisotopic (exact) mass is 249 g/mol. The first-order valence-electron chi connectivity index (χ1n) is 5.46. The van der Waals surface area contributed by atoms with Crippen LogP contribution in [0.2, 0.25) is 0 Å². The third-order valence-electron chi connectivity index (χ3n) is 2.44. The zero-order chi connectivity index (χ0) is 13.1. The Labute approximate surface area is 105 Å². The van der Waals surface area contributed by atoms with Crippen LogP contribution in [-0.2, 0) is 0 Å². The number of aromatic nitrogens is 2. The number of rotatable bonds is 4. The van der Waals surface area contributed by atoms with Gasteiger partial charge >= 0.3 is 0 Å². The highest BCUT2D eigenvalue weighted by Gasteiger charge is 2.13. The van der Waals surface area contributed by atoms with Crippen molar-refractivity contribution in [1.82, 2.24) is 10.1 Å². The van der Waals surface area contributed by atoms with E-state index in [9.17, 15) is 0 Å². The largest absolute Gasteiger partial charge is 0.497 e. The third-order valence-corrected chi connectivity index (χ3v) is 2.44. The molecule has 0 radical (unpaired) electrons. The number of hydrogen-bond donors (Lipinski definition) is 1. The molecule has 96 valence electrons. The molecule has 0 saturated heterocycles. The molecule has 0 aliphatic heterocycles. The van der Waals surface area contributed by atoms with Crippen LogP contribution in [0.4, 0.5) is 0 Å². The summed E-state index contributed by atoms with van der Waals surface area (Å²) in [6.07, 6.45) is 0. The van der Waals surface area contributed by atoms with E-state index < -0.39 is 0 Å². The minimum atomic E-state index is -0.293. The first-order valence-corrected chi connectivity index (χ1v) is 5.46. The topological polar surface area (TPSA) is 83.4 Å². The second-order valence-corrected chi connectivity index (χ2v) is 3.85. The number of hydrogen-bond acceptors (Lipinski definition) is 6. The lowest BCUT2D eigenvalue weighted by Gasteiger charge is -2.05. The molecule has 2 aromatic rings. The van der Waals surface area contributed by atoms with Crippen LogP contribution >= 0.6 is 0 Å². The Bertz CT molecular complexity index is 515. The van der Waals surface area contributed by atoms with Gasteiger partial charge in [0.15, 0.2) is 0 Å². The molecule has 1 heterocycles. The van der Waals surface area contributed by atoms with Crippen molar-refractivity contribution >= 4 is 0 Å². The summed E-state index contributed by atoms with van der Waals surface area (Å²) in [4.78, 5) is 4.22. The number of nitrogens with zero attached hydrogens (tertiary/aromatic N) is 2. The van der Waals surface area contributed by atoms with E-state index in [-0.39, 0.29) is 6.04 Å². The van der Waals surface area contributed by atoms with Gasteiger partial charge in [0.05, 0.1) is 20.3 Å². The lowest BCUT2D eigenvalue weighted by molar-refractivity contribution is 0.362. The average molecular weight is 249 g/mol. The van der Waals surface area contributed by atoms with E-state index in [4.69, 9.17) is 19.7 Å². The maximum absolute atomic E-state index is 5.67. The first-order chi connectivity index (χ1) is 8.63. The van der Waals surface area contributed by atoms with Crippen LogP contribution in [0.3, 0.4) is 0 Å². The van der Waals surface area contributed by atoms with E-state index in [0.29, 0.717) is 23.2 Å². The molecular formula is C12H15N3O3. The fourth-order valence-electron chi connectivity index (χ4n) is 1.47. The van der Waals surface area contributed by atoms with Gasteiger partial charge in [-0.1, -0.05) is 5.16 Å². The Hall–Kier alpha value is -2.08. The van der Waals surface area contributed by atoms with Crippen molar-refractivity contribution in [3.8, 4) is 22.9 Å². The maximum Gasteiger partial charge on any atom is 0.243 e. The molecule has 1 aromatic heterocycles. The molecule has 1 atom stereocenters. The number of nitrogens with two attached hydrogens (primary N) is 1. The highest BCUT2D eigenvalue weighted by Crippen LogP contribution is 2.28. The quantitative estimate of drug-likeness (QED) is 0.889. The van der Waals surface area contributed by atoms with E-state index in [0.717, 1.165) is 5.56 Å². The van der Waals surface area contributed by atoms with Crippen molar-refractivity contribution in [3.63, 3.8) is 0 Å². The molecule has 2 rings (SSSR count). The molecule has 0 fully saturated rings. The van der Waals surface area contributed by atoms with Crippen molar-refractivity contribution in [1.29, 1.82) is 0 Å². The van der Waals surface area contributed by atoms with Gasteiger partial charge in [-0.2, -0.15) is 4.98 Å². The van der Waals surface area contributed by atoms with Crippen LogP contribution in [0.1, 0.15) is 18.9 Å². The Balaban J connectivity index is 2.42. The van der Waals surface area contributed by atoms with E-state index >= 15 is 0 Å². The van der Waals surface area contributed by atoms with Gasteiger partial charge in [0.1, 0.15) is 11.5 Å². The summed E-state index contributed by atoms with van der Waals surface area (Å²) in [5, 5.41) is 3.88. The summed E-state index contributed by atoms with van der Waals surface area (Å²) < 4.78 is 15.4. The third kappa shape index (κ3) is 2.43. The van der Waals surface area contributed by atoms with Crippen LogP contribution in [-0.4, -0.2) is 24.4 Å². The van der Waals surface area contributed by atoms with Crippen LogP contribution < -0.4 is 15.2 Å². The van der Waals surface area contributed by atoms with E-state index in [1.54, 1.807) is 39.3 Å². The molecule has 0 amide bonds. The summed E-state index contributed by atoms with van der Waals surface area (Å²) in [6.45, 7) is 1.78. The molecule has 6 heteroatoms. The van der Waals surface area contributed by atoms with E-state index in [1.165, 1.54) is 0 Å². The van der Waals surface area contributed by atoms with Gasteiger partial charge in [-0.25, -0.2) is 0 Å². The van der Waals surface area contributed by atoms with Gasteiger partial charge < -0.3 is 19.7 Å². The van der Waals surface area contributed by atoms with E-state index in [1.807, 2.05) is 0 Å². The summed E-state index contributed by atoms with van der Waals surface area (Å²) in [7, 11) is 3.17. The Morgan fingerprint density at radius 3 is 2.22 bits per heavy atom. The number of benzene rings is 1. The molecule has 0 aliphatic carbocycles. The van der Waals surface area contributed by atoms with Crippen molar-refractivity contribution < 1.29 is 14.0 Å². The van der Waals surface area contributed by atoms with E-state index in [2.05, 4.69) is 10.1 Å². The Morgan fingerprint density at radius 1 is 1.17 bits per heavy atom. The smallest absolute Gasteiger partial charge is 0.243 e. The standard InChI is InChI=1S/C12H15N3O3/c1-7(13)12-14-11(15-18-12)8-4-9(16-2)6-10(5-8)17-3/h4-7H,13H2,1-3H3. The molecule has 0 aliphatic rings. The summed E-state index contributed by atoms with van der Waals surface area (Å²) >= 11 is 0. The predicted octanol–water partition coefficient (Wildman–Crippen LogP) is 1.77. The lowest BCUT2D eigenvalue weighted by Crippen LogP contribution is -2.04. The van der Waals surface area contributed by atoms with Crippen LogP contribution in [0.5, 0.6) is 11.5 Å². The lowest BCUT2D eigenvalue weighted by atomic mass is 10.2. The van der Waals surface area contributed by atoms with Crippen molar-refractivity contribution in [2.45, 2.75) is 13.0 Å². The molecule has 1 unspecified atom stereocenters. The zero-order valence-electron chi connectivity index (χ0n) is 10.5. The van der Waals surface area contributed by atoms with Crippen LogP contribution in [0.25, 0.3) is 11.4 Å². The SMILES string of the molecule is COc1cc(OC)cc(-c2noc(C(C)N)n2)c1. The Morgan fingerprint density at radius 2 is 1.78 bits per heavy atom. The zero-order valence-corrected chi connectivity index (χ0v) is 10.5. The summed E-state index contributed by atoms with van der Waals surface area (Å²) in [5.41, 5.74) is 6.42. The molecule has 2 N–H and O–H groups in total. The first kappa shape index (κ1) is 12.4. The normalized spacial score (nSPS) is 12.2. The maximum atomic E-state index is 5.67. The second-order valence-electron chi connectivity index (χ2n) is 3.85. The molecule has 18 heavy (non-hydrogen) atoms. The molecule has 0 saturated carbocycles. The molecule has 6 nitrogen and oxygen atoms in total. The van der Waals surface area contributed by atoms with Crippen molar-refractivity contribution in [2.75, 3.05) is 14.2 Å². The van der Waals surface area contributed by atoms with Gasteiger partial charge in [0, 0.05) is 11.6 Å². The summed E-state index contributed by atoms with van der Waals surface area (Å²) in [5.74, 6) is 2.18. The predicted molar refractivity (Wildman–Crippen MR) is 65.4 cm³/mol. The fraction of sp³-hybridized carbons (Fsp3) is 0.333. The number of ether oxygens (including phenoxy) is 2. The van der Waals surface area contributed by atoms with Crippen LogP contribution in [0, 0.1) is 0 Å². The van der Waals surface area contributed by atoms with Gasteiger partial charge in [-0.15, -0.1) is 0 Å². The molecule has 0 spiro atoms. The van der Waals surface area contributed by atoms with Gasteiger partial charge in [-0.3, -0.25) is 0 Å². The van der Waals surface area contributed by atoms with Gasteiger partial charge in [0.25, 0.3) is 0 Å². The van der Waals surface area contributed by atoms with Gasteiger partial charge in [-0.05, 0) is 19.1 Å². The Kier molecular flexibility index (Phi) is 3.47. The minimum absolute atomic E-state index is 0.293. The average Bonchev–Trinajstić information content (AvgIpc) is 2.87. The minimum Gasteiger partial charge on any atom is -0.497 e. The highest BCUT2D eigenvalue weighted by atomic mass is 16.5. The summed E-state index contributed by atoms with van der Waals surface area (Å²) in [6, 6.07) is 5.09. The van der Waals surface area contributed by atoms with Gasteiger partial charge in [0.2, 0.25) is 11.7 Å². The number of methoxy groups -OCH3 is 2. The highest BCUT2D eigenvalue weighted by molar-refractivity contribution is 5.60. The molecule has 1 aromatic carbocycles. The fourth-order valence-corrected chi connectivity index (χ4v) is 1.47.